The molecule has 1 saturated carbocycles. The highest BCUT2D eigenvalue weighted by molar-refractivity contribution is 5.85. The first kappa shape index (κ1) is 14.0. The number of hydrogen-bond donors (Lipinski definition) is 2. The maximum Gasteiger partial charge on any atom is 0.237 e. The fraction of sp³-hybridized carbons (Fsp3) is 0.833. The van der Waals surface area contributed by atoms with E-state index in [0.29, 0.717) is 6.54 Å². The summed E-state index contributed by atoms with van der Waals surface area (Å²) >= 11 is 0. The zero-order valence-corrected chi connectivity index (χ0v) is 10.7. The van der Waals surface area contributed by atoms with Crippen molar-refractivity contribution in [2.75, 3.05) is 13.1 Å². The van der Waals surface area contributed by atoms with Crippen molar-refractivity contribution in [2.45, 2.75) is 39.2 Å². The summed E-state index contributed by atoms with van der Waals surface area (Å²) in [6, 6.07) is 0.209. The average molecular weight is 241 g/mol. The van der Waals surface area contributed by atoms with Crippen molar-refractivity contribution < 1.29 is 9.59 Å². The van der Waals surface area contributed by atoms with Crippen LogP contribution in [0.1, 0.15) is 33.1 Å². The number of nitrogens with two attached hydrogens (primary N) is 2. The second kappa shape index (κ2) is 6.00. The monoisotopic (exact) mass is 241 g/mol. The summed E-state index contributed by atoms with van der Waals surface area (Å²) in [6.07, 6.45) is 2.58. The number of nitrogens with zero attached hydrogens (tertiary/aromatic N) is 1. The van der Waals surface area contributed by atoms with Gasteiger partial charge in [0.25, 0.3) is 0 Å². The molecule has 4 N–H and O–H groups in total. The molecule has 0 heterocycles. The summed E-state index contributed by atoms with van der Waals surface area (Å²) in [7, 11) is 0. The smallest absolute Gasteiger partial charge is 0.237 e. The van der Waals surface area contributed by atoms with Gasteiger partial charge in [0, 0.05) is 18.5 Å². The summed E-state index contributed by atoms with van der Waals surface area (Å²) in [5, 5.41) is 0. The molecule has 0 spiro atoms. The lowest BCUT2D eigenvalue weighted by Gasteiger charge is -2.34. The fourth-order valence-electron chi connectivity index (χ4n) is 2.57. The van der Waals surface area contributed by atoms with E-state index < -0.39 is 5.91 Å². The number of carbonyl (C=O) groups is 2. The minimum Gasteiger partial charge on any atom is -0.368 e. The van der Waals surface area contributed by atoms with Gasteiger partial charge in [0.1, 0.15) is 0 Å². The molecular formula is C12H23N3O2. The maximum atomic E-state index is 12.3. The molecule has 0 aliphatic heterocycles. The molecule has 1 aliphatic rings. The van der Waals surface area contributed by atoms with Gasteiger partial charge in [-0.2, -0.15) is 0 Å². The van der Waals surface area contributed by atoms with Crippen molar-refractivity contribution >= 4 is 11.8 Å². The zero-order chi connectivity index (χ0) is 13.0. The van der Waals surface area contributed by atoms with Gasteiger partial charge in [-0.15, -0.1) is 0 Å². The first-order valence-electron chi connectivity index (χ1n) is 6.28. The number of amides is 2. The molecule has 3 unspecified atom stereocenters. The largest absolute Gasteiger partial charge is 0.368 e. The van der Waals surface area contributed by atoms with Crippen LogP contribution in [0.3, 0.4) is 0 Å². The lowest BCUT2D eigenvalue weighted by Crippen LogP contribution is -2.45. The number of likely N-dealkylation sites (N-methyl/N-ethyl adjacent to an activating group) is 1. The Morgan fingerprint density at radius 2 is 2.00 bits per heavy atom. The normalized spacial score (nSPS) is 28.8. The highest BCUT2D eigenvalue weighted by Gasteiger charge is 2.33. The van der Waals surface area contributed by atoms with Crippen LogP contribution in [-0.4, -0.2) is 35.8 Å². The van der Waals surface area contributed by atoms with Crippen molar-refractivity contribution in [3.63, 3.8) is 0 Å². The summed E-state index contributed by atoms with van der Waals surface area (Å²) in [4.78, 5) is 24.7. The van der Waals surface area contributed by atoms with Gasteiger partial charge in [0.15, 0.2) is 0 Å². The third kappa shape index (κ3) is 3.70. The molecule has 17 heavy (non-hydrogen) atoms. The van der Waals surface area contributed by atoms with Crippen LogP contribution in [0.25, 0.3) is 0 Å². The van der Waals surface area contributed by atoms with Gasteiger partial charge in [0.2, 0.25) is 11.8 Å². The van der Waals surface area contributed by atoms with E-state index in [-0.39, 0.29) is 30.3 Å². The molecular weight excluding hydrogens is 218 g/mol. The van der Waals surface area contributed by atoms with E-state index in [0.717, 1.165) is 19.3 Å². The predicted molar refractivity (Wildman–Crippen MR) is 65.9 cm³/mol. The van der Waals surface area contributed by atoms with Crippen LogP contribution in [-0.2, 0) is 9.59 Å². The molecule has 0 saturated heterocycles. The molecule has 0 bridgehead atoms. The van der Waals surface area contributed by atoms with E-state index in [1.807, 2.05) is 6.92 Å². The van der Waals surface area contributed by atoms with Crippen LogP contribution in [0.5, 0.6) is 0 Å². The lowest BCUT2D eigenvalue weighted by molar-refractivity contribution is -0.141. The molecule has 3 atom stereocenters. The Balaban J connectivity index is 2.64. The van der Waals surface area contributed by atoms with Crippen molar-refractivity contribution in [3.05, 3.63) is 0 Å². The number of primary amides is 1. The molecule has 0 radical (unpaired) electrons. The predicted octanol–water partition coefficient (Wildman–Crippen LogP) is 0.0837. The van der Waals surface area contributed by atoms with Crippen LogP contribution in [0.15, 0.2) is 0 Å². The number of hydrogen-bond acceptors (Lipinski definition) is 3. The van der Waals surface area contributed by atoms with E-state index in [9.17, 15) is 9.59 Å². The van der Waals surface area contributed by atoms with Gasteiger partial charge >= 0.3 is 0 Å². The molecule has 5 heteroatoms. The van der Waals surface area contributed by atoms with Crippen molar-refractivity contribution in [1.82, 2.24) is 4.90 Å². The number of rotatable bonds is 4. The van der Waals surface area contributed by atoms with E-state index in [4.69, 9.17) is 11.5 Å². The molecule has 1 fully saturated rings. The Hall–Kier alpha value is -1.10. The Labute approximate surface area is 103 Å². The van der Waals surface area contributed by atoms with Crippen LogP contribution in [0.4, 0.5) is 0 Å². The minimum atomic E-state index is -0.458. The van der Waals surface area contributed by atoms with E-state index in [2.05, 4.69) is 6.92 Å². The quantitative estimate of drug-likeness (QED) is 0.730. The Kier molecular flexibility index (Phi) is 4.93. The van der Waals surface area contributed by atoms with Crippen molar-refractivity contribution in [2.24, 2.45) is 23.3 Å². The van der Waals surface area contributed by atoms with Crippen LogP contribution >= 0.6 is 0 Å². The van der Waals surface area contributed by atoms with Crippen LogP contribution in [0.2, 0.25) is 0 Å². The van der Waals surface area contributed by atoms with Gasteiger partial charge in [-0.05, 0) is 32.1 Å². The third-order valence-electron chi connectivity index (χ3n) is 3.57. The highest BCUT2D eigenvalue weighted by atomic mass is 16.2. The summed E-state index contributed by atoms with van der Waals surface area (Å²) < 4.78 is 0. The van der Waals surface area contributed by atoms with Gasteiger partial charge in [-0.25, -0.2) is 0 Å². The van der Waals surface area contributed by atoms with Crippen LogP contribution in [0, 0.1) is 11.8 Å². The van der Waals surface area contributed by atoms with Crippen LogP contribution < -0.4 is 11.5 Å². The molecule has 98 valence electrons. The number of carbonyl (C=O) groups excluding carboxylic acids is 2. The summed E-state index contributed by atoms with van der Waals surface area (Å²) in [5.41, 5.74) is 11.0. The topological polar surface area (TPSA) is 89.4 Å². The highest BCUT2D eigenvalue weighted by Crippen LogP contribution is 2.30. The maximum absolute atomic E-state index is 12.3. The first-order valence-corrected chi connectivity index (χ1v) is 6.28. The SMILES string of the molecule is CCN(CC(N)=O)C(=O)C1CCC(N)CC1C. The van der Waals surface area contributed by atoms with Gasteiger partial charge in [-0.1, -0.05) is 6.92 Å². The summed E-state index contributed by atoms with van der Waals surface area (Å²) in [5.74, 6) is -0.131. The van der Waals surface area contributed by atoms with E-state index in [1.165, 1.54) is 0 Å². The molecule has 0 aromatic heterocycles. The molecule has 1 aliphatic carbocycles. The summed E-state index contributed by atoms with van der Waals surface area (Å²) in [6.45, 7) is 4.46. The zero-order valence-electron chi connectivity index (χ0n) is 10.7. The average Bonchev–Trinajstić information content (AvgIpc) is 2.24. The Morgan fingerprint density at radius 1 is 1.35 bits per heavy atom. The minimum absolute atomic E-state index is 0.00546. The van der Waals surface area contributed by atoms with Crippen molar-refractivity contribution in [1.29, 1.82) is 0 Å². The molecule has 2 amide bonds. The second-order valence-corrected chi connectivity index (χ2v) is 4.98. The van der Waals surface area contributed by atoms with E-state index >= 15 is 0 Å². The standard InChI is InChI=1S/C12H23N3O2/c1-3-15(7-11(14)16)12(17)10-5-4-9(13)6-8(10)2/h8-10H,3-7,13H2,1-2H3,(H2,14,16). The Morgan fingerprint density at radius 3 is 2.47 bits per heavy atom. The first-order chi connectivity index (χ1) is 7.95. The molecule has 5 nitrogen and oxygen atoms in total. The van der Waals surface area contributed by atoms with Gasteiger partial charge in [0.05, 0.1) is 6.54 Å². The van der Waals surface area contributed by atoms with Crippen molar-refractivity contribution in [3.8, 4) is 0 Å². The lowest BCUT2D eigenvalue weighted by atomic mass is 9.77. The van der Waals surface area contributed by atoms with Gasteiger partial charge < -0.3 is 16.4 Å². The fourth-order valence-corrected chi connectivity index (χ4v) is 2.57. The van der Waals surface area contributed by atoms with Gasteiger partial charge in [-0.3, -0.25) is 9.59 Å². The molecule has 0 aromatic rings. The van der Waals surface area contributed by atoms with E-state index in [1.54, 1.807) is 4.90 Å². The molecule has 1 rings (SSSR count). The molecule has 0 aromatic carbocycles. The Bertz CT molecular complexity index is 293. The third-order valence-corrected chi connectivity index (χ3v) is 3.57. The second-order valence-electron chi connectivity index (χ2n) is 4.98.